The van der Waals surface area contributed by atoms with Gasteiger partial charge in [0.1, 0.15) is 0 Å². The molecule has 0 saturated carbocycles. The van der Waals surface area contributed by atoms with Gasteiger partial charge in [-0.3, -0.25) is 14.9 Å². The van der Waals surface area contributed by atoms with Crippen LogP contribution < -0.4 is 21.7 Å². The normalized spacial score (nSPS) is 23.3. The van der Waals surface area contributed by atoms with Gasteiger partial charge in [-0.1, -0.05) is 18.2 Å². The van der Waals surface area contributed by atoms with Gasteiger partial charge < -0.3 is 21.1 Å². The van der Waals surface area contributed by atoms with Crippen LogP contribution in [-0.2, 0) is 14.3 Å². The van der Waals surface area contributed by atoms with Crippen molar-refractivity contribution in [2.24, 2.45) is 16.6 Å². The first-order valence-electron chi connectivity index (χ1n) is 8.78. The van der Waals surface area contributed by atoms with E-state index in [0.29, 0.717) is 13.0 Å². The van der Waals surface area contributed by atoms with E-state index in [0.717, 1.165) is 11.3 Å². The molecule has 1 aliphatic heterocycles. The summed E-state index contributed by atoms with van der Waals surface area (Å²) in [6.07, 6.45) is 0.0163. The van der Waals surface area contributed by atoms with Gasteiger partial charge in [-0.15, -0.1) is 0 Å². The van der Waals surface area contributed by atoms with Crippen molar-refractivity contribution in [1.29, 1.82) is 0 Å². The van der Waals surface area contributed by atoms with Gasteiger partial charge in [-0.2, -0.15) is 0 Å². The highest BCUT2D eigenvalue weighted by molar-refractivity contribution is 5.93. The van der Waals surface area contributed by atoms with Crippen LogP contribution in [0.15, 0.2) is 29.3 Å². The molecule has 8 nitrogen and oxygen atoms in total. The number of benzene rings is 1. The smallest absolute Gasteiger partial charge is 0.305 e. The van der Waals surface area contributed by atoms with Crippen molar-refractivity contribution in [2.75, 3.05) is 11.9 Å². The fraction of sp³-hybridized carbons (Fsp3) is 0.500. The zero-order valence-corrected chi connectivity index (χ0v) is 15.4. The molecule has 3 atom stereocenters. The molecule has 3 unspecified atom stereocenters. The number of aryl methyl sites for hydroxylation is 1. The number of esters is 1. The van der Waals surface area contributed by atoms with Crippen molar-refractivity contribution >= 4 is 23.5 Å². The first-order valence-corrected chi connectivity index (χ1v) is 8.78. The van der Waals surface area contributed by atoms with E-state index in [4.69, 9.17) is 10.5 Å². The van der Waals surface area contributed by atoms with Gasteiger partial charge in [0.15, 0.2) is 12.2 Å². The van der Waals surface area contributed by atoms with Crippen LogP contribution >= 0.6 is 0 Å². The lowest BCUT2D eigenvalue weighted by atomic mass is 9.93. The average Bonchev–Trinajstić information content (AvgIpc) is 2.56. The Morgan fingerprint density at radius 1 is 1.38 bits per heavy atom. The van der Waals surface area contributed by atoms with Crippen LogP contribution in [0.3, 0.4) is 0 Å². The number of carbonyl (C=O) groups is 2. The van der Waals surface area contributed by atoms with E-state index in [-0.39, 0.29) is 36.2 Å². The fourth-order valence-corrected chi connectivity index (χ4v) is 2.86. The van der Waals surface area contributed by atoms with Gasteiger partial charge in [0.2, 0.25) is 5.91 Å². The van der Waals surface area contributed by atoms with E-state index in [1.807, 2.05) is 38.1 Å². The van der Waals surface area contributed by atoms with Crippen LogP contribution in [0.1, 0.15) is 32.3 Å². The molecule has 1 amide bonds. The molecule has 1 aliphatic rings. The number of anilines is 1. The van der Waals surface area contributed by atoms with Crippen LogP contribution in [0.4, 0.5) is 5.69 Å². The quantitative estimate of drug-likeness (QED) is 0.342. The maximum Gasteiger partial charge on any atom is 0.305 e. The van der Waals surface area contributed by atoms with E-state index in [1.165, 1.54) is 0 Å². The molecule has 142 valence electrons. The van der Waals surface area contributed by atoms with E-state index in [9.17, 15) is 9.59 Å². The minimum absolute atomic E-state index is 0.141. The molecule has 0 aromatic heterocycles. The van der Waals surface area contributed by atoms with Crippen molar-refractivity contribution in [3.8, 4) is 0 Å². The van der Waals surface area contributed by atoms with Gasteiger partial charge in [-0.25, -0.2) is 4.99 Å². The Balaban J connectivity index is 1.92. The maximum atomic E-state index is 12.3. The zero-order chi connectivity index (χ0) is 19.1. The summed E-state index contributed by atoms with van der Waals surface area (Å²) in [5, 5.41) is 8.99. The molecule has 0 spiro atoms. The molecule has 26 heavy (non-hydrogen) atoms. The number of ether oxygens (including phenoxy) is 1. The van der Waals surface area contributed by atoms with Crippen LogP contribution in [0.25, 0.3) is 0 Å². The van der Waals surface area contributed by atoms with Crippen LogP contribution in [0.5, 0.6) is 0 Å². The number of rotatable bonds is 6. The number of carbonyl (C=O) groups excluding carboxylic acids is 2. The predicted octanol–water partition coefficient (Wildman–Crippen LogP) is 1.07. The number of nitrogens with one attached hydrogen (secondary N) is 3. The average molecular weight is 361 g/mol. The first-order chi connectivity index (χ1) is 12.4. The Bertz CT molecular complexity index is 677. The summed E-state index contributed by atoms with van der Waals surface area (Å²) in [6.45, 7) is 5.95. The molecule has 1 fully saturated rings. The third-order valence-electron chi connectivity index (χ3n) is 4.28. The second kappa shape index (κ2) is 9.19. The fourth-order valence-electron chi connectivity index (χ4n) is 2.86. The number of hydrogen-bond donors (Lipinski definition) is 4. The standard InChI is InChI=1S/C18H27N5O3/c1-4-26-15(24)10-9-13-12(3)20-18(22-16(13)25)23-17(19)21-14-8-6-5-7-11(14)2/h5-8,12-13,18,20H,4,9-10H2,1-3H3,(H,22,25)(H3,19,21,23). The Hall–Kier alpha value is -2.61. The zero-order valence-electron chi connectivity index (χ0n) is 15.4. The highest BCUT2D eigenvalue weighted by Crippen LogP contribution is 2.17. The summed E-state index contributed by atoms with van der Waals surface area (Å²) < 4.78 is 4.91. The molecule has 1 aromatic carbocycles. The molecule has 0 radical (unpaired) electrons. The van der Waals surface area contributed by atoms with Gasteiger partial charge >= 0.3 is 5.97 Å². The molecule has 5 N–H and O–H groups in total. The first kappa shape index (κ1) is 19.7. The lowest BCUT2D eigenvalue weighted by Crippen LogP contribution is -2.60. The Kier molecular flexibility index (Phi) is 6.97. The number of nitrogens with zero attached hydrogens (tertiary/aromatic N) is 1. The molecule has 1 saturated heterocycles. The minimum Gasteiger partial charge on any atom is -0.466 e. The number of nitrogens with two attached hydrogens (primary N) is 1. The number of para-hydroxylation sites is 1. The van der Waals surface area contributed by atoms with E-state index < -0.39 is 6.29 Å². The van der Waals surface area contributed by atoms with Gasteiger partial charge in [0, 0.05) is 18.2 Å². The molecular weight excluding hydrogens is 334 g/mol. The second-order valence-corrected chi connectivity index (χ2v) is 6.27. The summed E-state index contributed by atoms with van der Waals surface area (Å²) in [5.74, 6) is -0.567. The Labute approximate surface area is 153 Å². The second-order valence-electron chi connectivity index (χ2n) is 6.27. The Morgan fingerprint density at radius 2 is 2.12 bits per heavy atom. The van der Waals surface area contributed by atoms with Crippen molar-refractivity contribution in [2.45, 2.75) is 45.9 Å². The predicted molar refractivity (Wildman–Crippen MR) is 100 cm³/mol. The van der Waals surface area contributed by atoms with Crippen molar-refractivity contribution < 1.29 is 14.3 Å². The number of aliphatic imine (C=N–C) groups is 1. The van der Waals surface area contributed by atoms with E-state index in [1.54, 1.807) is 6.92 Å². The van der Waals surface area contributed by atoms with Crippen LogP contribution in [-0.4, -0.2) is 36.8 Å². The SMILES string of the molecule is CCOC(=O)CCC1C(=O)NC(/N=C(\N)Nc2ccccc2C)NC1C. The molecule has 0 aliphatic carbocycles. The summed E-state index contributed by atoms with van der Waals surface area (Å²) in [4.78, 5) is 28.1. The van der Waals surface area contributed by atoms with Gasteiger partial charge in [0.05, 0.1) is 12.5 Å². The molecule has 1 heterocycles. The lowest BCUT2D eigenvalue weighted by molar-refractivity contribution is -0.143. The van der Waals surface area contributed by atoms with E-state index in [2.05, 4.69) is 20.9 Å². The largest absolute Gasteiger partial charge is 0.466 e. The lowest BCUT2D eigenvalue weighted by Gasteiger charge is -2.33. The molecule has 0 bridgehead atoms. The number of guanidine groups is 1. The molecule has 2 rings (SSSR count). The third kappa shape index (κ3) is 5.45. The maximum absolute atomic E-state index is 12.3. The van der Waals surface area contributed by atoms with Crippen molar-refractivity contribution in [3.63, 3.8) is 0 Å². The monoisotopic (exact) mass is 361 g/mol. The summed E-state index contributed by atoms with van der Waals surface area (Å²) in [5.41, 5.74) is 7.85. The summed E-state index contributed by atoms with van der Waals surface area (Å²) in [7, 11) is 0. The topological polar surface area (TPSA) is 118 Å². The highest BCUT2D eigenvalue weighted by atomic mass is 16.5. The van der Waals surface area contributed by atoms with E-state index >= 15 is 0 Å². The van der Waals surface area contributed by atoms with Crippen LogP contribution in [0, 0.1) is 12.8 Å². The highest BCUT2D eigenvalue weighted by Gasteiger charge is 2.33. The third-order valence-corrected chi connectivity index (χ3v) is 4.28. The summed E-state index contributed by atoms with van der Waals surface area (Å²) in [6, 6.07) is 7.57. The molecule has 1 aromatic rings. The van der Waals surface area contributed by atoms with Gasteiger partial charge in [-0.05, 0) is 38.8 Å². The summed E-state index contributed by atoms with van der Waals surface area (Å²) >= 11 is 0. The number of hydrogen-bond acceptors (Lipinski definition) is 5. The van der Waals surface area contributed by atoms with Crippen LogP contribution in [0.2, 0.25) is 0 Å². The van der Waals surface area contributed by atoms with Crippen molar-refractivity contribution in [3.05, 3.63) is 29.8 Å². The molecule has 8 heteroatoms. The number of amides is 1. The van der Waals surface area contributed by atoms with Gasteiger partial charge in [0.25, 0.3) is 0 Å². The van der Waals surface area contributed by atoms with Crippen molar-refractivity contribution in [1.82, 2.24) is 10.6 Å². The molecular formula is C18H27N5O3. The Morgan fingerprint density at radius 3 is 2.77 bits per heavy atom. The minimum atomic E-state index is -0.618.